The van der Waals surface area contributed by atoms with Crippen LogP contribution >= 0.6 is 0 Å². The molecule has 2 aromatic rings. The van der Waals surface area contributed by atoms with Crippen molar-refractivity contribution < 1.29 is 21.4 Å². The van der Waals surface area contributed by atoms with E-state index in [1.165, 1.54) is 6.07 Å². The van der Waals surface area contributed by atoms with Gasteiger partial charge >= 0.3 is 29.6 Å². The first-order chi connectivity index (χ1) is 16.6. The van der Waals surface area contributed by atoms with Gasteiger partial charge < -0.3 is 0 Å². The number of hydrogen-bond acceptors (Lipinski definition) is 4. The minimum absolute atomic E-state index is 0. The van der Waals surface area contributed by atoms with Gasteiger partial charge in [-0.3, -0.25) is 4.55 Å². The van der Waals surface area contributed by atoms with Crippen LogP contribution in [0.3, 0.4) is 0 Å². The van der Waals surface area contributed by atoms with E-state index in [2.05, 4.69) is 18.6 Å². The number of sulfonamides is 1. The van der Waals surface area contributed by atoms with Crippen LogP contribution in [-0.2, 0) is 26.6 Å². The van der Waals surface area contributed by atoms with Gasteiger partial charge in [0.1, 0.15) is 4.90 Å². The van der Waals surface area contributed by atoms with Crippen molar-refractivity contribution in [2.75, 3.05) is 6.54 Å². The van der Waals surface area contributed by atoms with Gasteiger partial charge in [0, 0.05) is 12.1 Å². The summed E-state index contributed by atoms with van der Waals surface area (Å²) in [7, 11) is -8.00. The third-order valence-corrected chi connectivity index (χ3v) is 8.58. The molecule has 2 N–H and O–H groups in total. The van der Waals surface area contributed by atoms with E-state index >= 15 is 0 Å². The van der Waals surface area contributed by atoms with Crippen LogP contribution in [0.2, 0.25) is 0 Å². The molecule has 2 aromatic carbocycles. The molecule has 6 nitrogen and oxygen atoms in total. The Balaban J connectivity index is 0.00000361. The molecule has 0 atom stereocenters. The number of nitrogens with one attached hydrogen (secondary N) is 1. The van der Waals surface area contributed by atoms with E-state index in [-0.39, 0.29) is 51.8 Å². The zero-order valence-corrected chi connectivity index (χ0v) is 21.4. The molecule has 0 unspecified atom stereocenters. The van der Waals surface area contributed by atoms with E-state index in [9.17, 15) is 21.4 Å². The quantitative estimate of drug-likeness (QED) is 0.179. The predicted octanol–water partition coefficient (Wildman–Crippen LogP) is 4.97. The van der Waals surface area contributed by atoms with Gasteiger partial charge in [0.25, 0.3) is 10.1 Å². The summed E-state index contributed by atoms with van der Waals surface area (Å²) in [6.07, 6.45) is 1.79. The van der Waals surface area contributed by atoms with E-state index in [0.717, 1.165) is 27.5 Å². The molecule has 2 aliphatic rings. The van der Waals surface area contributed by atoms with Crippen molar-refractivity contribution in [2.24, 2.45) is 0 Å². The maximum atomic E-state index is 12.7. The predicted molar refractivity (Wildman–Crippen MR) is 146 cm³/mol. The molecule has 9 heteroatoms. The molecule has 0 fully saturated rings. The van der Waals surface area contributed by atoms with Crippen LogP contribution in [0.5, 0.6) is 0 Å². The zero-order valence-electron chi connectivity index (χ0n) is 19.7. The van der Waals surface area contributed by atoms with Gasteiger partial charge in [-0.05, 0) is 70.8 Å². The number of unbranched alkanes of at least 4 members (excludes halogenated alkanes) is 1. The Morgan fingerprint density at radius 1 is 0.806 bits per heavy atom. The number of aryl methyl sites for hydroxylation is 1. The first kappa shape index (κ1) is 28.8. The van der Waals surface area contributed by atoms with Crippen molar-refractivity contribution in [1.82, 2.24) is 4.72 Å². The molecule has 0 spiro atoms. The molecule has 0 aromatic heterocycles. The van der Waals surface area contributed by atoms with Crippen molar-refractivity contribution in [3.05, 3.63) is 83.9 Å². The fraction of sp³-hybridized carbons (Fsp3) is 0.259. The average Bonchev–Trinajstić information content (AvgIpc) is 3.01. The van der Waals surface area contributed by atoms with Crippen LogP contribution < -0.4 is 4.72 Å². The van der Waals surface area contributed by atoms with Crippen LogP contribution in [-0.4, -0.2) is 57.5 Å². The van der Waals surface area contributed by atoms with Crippen LogP contribution in [0.1, 0.15) is 43.7 Å². The van der Waals surface area contributed by atoms with Gasteiger partial charge in [0.2, 0.25) is 10.0 Å². The number of benzene rings is 2. The minimum atomic E-state index is -4.36. The Morgan fingerprint density at radius 3 is 2.14 bits per heavy atom. The topological polar surface area (TPSA) is 101 Å². The molecule has 0 amide bonds. The van der Waals surface area contributed by atoms with Gasteiger partial charge in [-0.2, -0.15) is 8.42 Å². The molecule has 0 heterocycles. The van der Waals surface area contributed by atoms with Crippen LogP contribution in [0.4, 0.5) is 0 Å². The van der Waals surface area contributed by atoms with E-state index in [1.54, 1.807) is 24.3 Å². The van der Waals surface area contributed by atoms with Crippen molar-refractivity contribution >= 4 is 60.5 Å². The summed E-state index contributed by atoms with van der Waals surface area (Å²) >= 11 is 0. The summed E-state index contributed by atoms with van der Waals surface area (Å²) in [4.78, 5) is 0.134. The summed E-state index contributed by atoms with van der Waals surface area (Å²) < 4.78 is 61.7. The second kappa shape index (κ2) is 11.7. The van der Waals surface area contributed by atoms with Gasteiger partial charge in [0.05, 0.1) is 4.90 Å². The summed E-state index contributed by atoms with van der Waals surface area (Å²) in [6.45, 7) is 4.39. The Labute approximate surface area is 235 Å². The van der Waals surface area contributed by atoms with E-state index < -0.39 is 20.1 Å². The second-order valence-electron chi connectivity index (χ2n) is 9.02. The molecule has 0 bridgehead atoms. The summed E-state index contributed by atoms with van der Waals surface area (Å²) in [5.74, 6) is 0.278. The Bertz CT molecular complexity index is 1550. The zero-order chi connectivity index (χ0) is 25.2. The van der Waals surface area contributed by atoms with Gasteiger partial charge in [0.15, 0.2) is 0 Å². The first-order valence-electron chi connectivity index (χ1n) is 11.6. The van der Waals surface area contributed by atoms with E-state index in [4.69, 9.17) is 0 Å². The first-order valence-corrected chi connectivity index (χ1v) is 14.5. The fourth-order valence-corrected chi connectivity index (χ4v) is 6.13. The molecule has 186 valence electrons. The third-order valence-electron chi connectivity index (χ3n) is 6.23. The van der Waals surface area contributed by atoms with E-state index in [0.29, 0.717) is 24.8 Å². The molecule has 0 saturated heterocycles. The Morgan fingerprint density at radius 2 is 1.47 bits per heavy atom. The fourth-order valence-electron chi connectivity index (χ4n) is 4.27. The average molecular weight is 536 g/mol. The van der Waals surface area contributed by atoms with Crippen molar-refractivity contribution in [1.29, 1.82) is 0 Å². The number of hydrogen-bond donors (Lipinski definition) is 2. The summed E-state index contributed by atoms with van der Waals surface area (Å²) in [5.41, 5.74) is 3.15. The Kier molecular flexibility index (Phi) is 9.38. The standard InChI is InChI=1S/C27H29NO5S2.Na.H/c1-19(2)20-11-14-25-23(18-27(35(31,32)33)26(25)15-12-20)9-5-6-16-28-34(29,30)24-13-10-21-7-3-4-8-22(21)17-24;;/h3-4,7-8,10-15,17-19,28H,5-6,9,16H2,1-2H3,(H,31,32,33);;. The molecule has 0 aliphatic heterocycles. The van der Waals surface area contributed by atoms with Crippen molar-refractivity contribution in [2.45, 2.75) is 48.8 Å². The van der Waals surface area contributed by atoms with Crippen LogP contribution in [0.15, 0.2) is 82.6 Å². The molecule has 0 radical (unpaired) electrons. The number of rotatable bonds is 9. The third kappa shape index (κ3) is 6.55. The normalized spacial score (nSPS) is 12.2. The van der Waals surface area contributed by atoms with Gasteiger partial charge in [-0.15, -0.1) is 0 Å². The van der Waals surface area contributed by atoms with Crippen LogP contribution in [0, 0.1) is 0 Å². The molecular formula is C27H30NNaO5S2. The van der Waals surface area contributed by atoms with Crippen LogP contribution in [0.25, 0.3) is 21.9 Å². The SMILES string of the molecule is CC(C)c1ccc2c(CCCCNS(=O)(=O)c3ccc4ccccc4c3)cc(S(=O)(=O)O)c-2cc1.[NaH]. The van der Waals surface area contributed by atoms with Crippen molar-refractivity contribution in [3.8, 4) is 11.1 Å². The summed E-state index contributed by atoms with van der Waals surface area (Å²) in [5, 5.41) is 1.84. The molecule has 36 heavy (non-hydrogen) atoms. The van der Waals surface area contributed by atoms with Gasteiger partial charge in [-0.1, -0.05) is 68.4 Å². The molecular weight excluding hydrogens is 505 g/mol. The molecule has 0 saturated carbocycles. The summed E-state index contributed by atoms with van der Waals surface area (Å²) in [6, 6.07) is 21.7. The Hall–Kier alpha value is -1.78. The second-order valence-corrected chi connectivity index (χ2v) is 12.2. The molecule has 2 aliphatic carbocycles. The van der Waals surface area contributed by atoms with Gasteiger partial charge in [-0.25, -0.2) is 13.1 Å². The molecule has 4 rings (SSSR count). The maximum absolute atomic E-state index is 12.7. The van der Waals surface area contributed by atoms with E-state index in [1.807, 2.05) is 42.5 Å². The van der Waals surface area contributed by atoms with Crippen molar-refractivity contribution in [3.63, 3.8) is 0 Å². The monoisotopic (exact) mass is 535 g/mol. The number of fused-ring (bicyclic) bond motifs is 2.